The molecule has 5 nitrogen and oxygen atoms in total. The molecule has 2 N–H and O–H groups in total. The van der Waals surface area contributed by atoms with Gasteiger partial charge in [0.25, 0.3) is 0 Å². The van der Waals surface area contributed by atoms with Gasteiger partial charge in [-0.05, 0) is 24.6 Å². The maximum absolute atomic E-state index is 4.56. The molecule has 0 unspecified atom stereocenters. The minimum atomic E-state index is 0.807. The molecule has 2 heterocycles. The van der Waals surface area contributed by atoms with Crippen molar-refractivity contribution in [3.8, 4) is 0 Å². The summed E-state index contributed by atoms with van der Waals surface area (Å²) < 4.78 is 1.16. The van der Waals surface area contributed by atoms with Crippen molar-refractivity contribution < 1.29 is 0 Å². The number of benzene rings is 1. The topological polar surface area (TPSA) is 62.7 Å². The Morgan fingerprint density at radius 1 is 1.14 bits per heavy atom. The van der Waals surface area contributed by atoms with Crippen molar-refractivity contribution in [2.75, 3.05) is 17.7 Å². The standard InChI is InChI=1S/C15H17N5S/c1-3-4-13-19-14(16-2)8-15(20-13)18-10-5-6-11-12(7-10)21-9-17-11/h5-9H,3-4H2,1-2H3,(H2,16,18,19,20). The van der Waals surface area contributed by atoms with Gasteiger partial charge in [0.15, 0.2) is 0 Å². The van der Waals surface area contributed by atoms with Gasteiger partial charge in [-0.15, -0.1) is 11.3 Å². The molecule has 0 saturated carbocycles. The number of aromatic nitrogens is 3. The highest BCUT2D eigenvalue weighted by molar-refractivity contribution is 7.16. The molecule has 2 aromatic heterocycles. The van der Waals surface area contributed by atoms with Crippen LogP contribution in [0.2, 0.25) is 0 Å². The summed E-state index contributed by atoms with van der Waals surface area (Å²) in [7, 11) is 1.87. The molecule has 6 heteroatoms. The number of hydrogen-bond donors (Lipinski definition) is 2. The molecule has 0 fully saturated rings. The van der Waals surface area contributed by atoms with Crippen molar-refractivity contribution in [3.63, 3.8) is 0 Å². The van der Waals surface area contributed by atoms with Gasteiger partial charge >= 0.3 is 0 Å². The SMILES string of the molecule is CCCc1nc(NC)cc(Nc2ccc3ncsc3c2)n1. The lowest BCUT2D eigenvalue weighted by molar-refractivity contribution is 0.838. The first kappa shape index (κ1) is 13.8. The van der Waals surface area contributed by atoms with E-state index in [1.807, 2.05) is 30.8 Å². The number of nitrogens with zero attached hydrogens (tertiary/aromatic N) is 3. The molecule has 0 aliphatic rings. The summed E-state index contributed by atoms with van der Waals surface area (Å²) in [6.45, 7) is 2.13. The number of aryl methyl sites for hydroxylation is 1. The van der Waals surface area contributed by atoms with Crippen molar-refractivity contribution in [3.05, 3.63) is 35.6 Å². The van der Waals surface area contributed by atoms with Gasteiger partial charge < -0.3 is 10.6 Å². The Balaban J connectivity index is 1.90. The smallest absolute Gasteiger partial charge is 0.136 e. The Bertz CT molecular complexity index is 753. The van der Waals surface area contributed by atoms with Crippen LogP contribution in [-0.4, -0.2) is 22.0 Å². The molecule has 0 aliphatic carbocycles. The molecule has 0 amide bonds. The van der Waals surface area contributed by atoms with Crippen molar-refractivity contribution >= 4 is 38.9 Å². The molecule has 3 aromatic rings. The highest BCUT2D eigenvalue weighted by Gasteiger charge is 2.05. The molecule has 0 radical (unpaired) electrons. The van der Waals surface area contributed by atoms with Crippen LogP contribution in [0.3, 0.4) is 0 Å². The molecule has 0 saturated heterocycles. The number of rotatable bonds is 5. The second kappa shape index (κ2) is 6.05. The molecular weight excluding hydrogens is 282 g/mol. The van der Waals surface area contributed by atoms with Gasteiger partial charge in [-0.3, -0.25) is 0 Å². The van der Waals surface area contributed by atoms with Gasteiger partial charge in [0.1, 0.15) is 17.5 Å². The van der Waals surface area contributed by atoms with E-state index in [9.17, 15) is 0 Å². The van der Waals surface area contributed by atoms with Crippen LogP contribution in [0.4, 0.5) is 17.3 Å². The molecule has 21 heavy (non-hydrogen) atoms. The summed E-state index contributed by atoms with van der Waals surface area (Å²) in [5.41, 5.74) is 3.89. The van der Waals surface area contributed by atoms with Crippen molar-refractivity contribution in [2.24, 2.45) is 0 Å². The summed E-state index contributed by atoms with van der Waals surface area (Å²) in [5, 5.41) is 6.43. The zero-order valence-corrected chi connectivity index (χ0v) is 12.9. The molecule has 0 aliphatic heterocycles. The molecule has 1 aromatic carbocycles. The lowest BCUT2D eigenvalue weighted by atomic mass is 10.3. The lowest BCUT2D eigenvalue weighted by Gasteiger charge is -2.09. The van der Waals surface area contributed by atoms with Crippen LogP contribution in [0.5, 0.6) is 0 Å². The van der Waals surface area contributed by atoms with Gasteiger partial charge in [-0.1, -0.05) is 6.92 Å². The third-order valence-corrected chi connectivity index (χ3v) is 3.90. The highest BCUT2D eigenvalue weighted by atomic mass is 32.1. The van der Waals surface area contributed by atoms with E-state index in [1.54, 1.807) is 11.3 Å². The number of fused-ring (bicyclic) bond motifs is 1. The zero-order valence-electron chi connectivity index (χ0n) is 12.1. The summed E-state index contributed by atoms with van der Waals surface area (Å²) in [6.07, 6.45) is 1.90. The lowest BCUT2D eigenvalue weighted by Crippen LogP contribution is -2.03. The normalized spacial score (nSPS) is 10.8. The van der Waals surface area contributed by atoms with Crippen LogP contribution in [0.25, 0.3) is 10.2 Å². The van der Waals surface area contributed by atoms with Crippen molar-refractivity contribution in [2.45, 2.75) is 19.8 Å². The first-order chi connectivity index (χ1) is 10.3. The average molecular weight is 299 g/mol. The fraction of sp³-hybridized carbons (Fsp3) is 0.267. The van der Waals surface area contributed by atoms with Crippen molar-refractivity contribution in [1.29, 1.82) is 0 Å². The largest absolute Gasteiger partial charge is 0.373 e. The second-order valence-electron chi connectivity index (χ2n) is 4.71. The third kappa shape index (κ3) is 3.11. The summed E-state index contributed by atoms with van der Waals surface area (Å²) in [4.78, 5) is 13.3. The van der Waals surface area contributed by atoms with Crippen LogP contribution < -0.4 is 10.6 Å². The van der Waals surface area contributed by atoms with Crippen molar-refractivity contribution in [1.82, 2.24) is 15.0 Å². The minimum Gasteiger partial charge on any atom is -0.373 e. The predicted octanol–water partition coefficient (Wildman–Crippen LogP) is 3.82. The minimum absolute atomic E-state index is 0.807. The molecule has 3 rings (SSSR count). The maximum Gasteiger partial charge on any atom is 0.136 e. The Kier molecular flexibility index (Phi) is 3.96. The predicted molar refractivity (Wildman–Crippen MR) is 88.5 cm³/mol. The molecule has 0 spiro atoms. The van der Waals surface area contributed by atoms with Gasteiger partial charge in [-0.2, -0.15) is 0 Å². The third-order valence-electron chi connectivity index (χ3n) is 3.11. The van der Waals surface area contributed by atoms with E-state index in [0.29, 0.717) is 0 Å². The fourth-order valence-corrected chi connectivity index (χ4v) is 2.82. The van der Waals surface area contributed by atoms with E-state index in [0.717, 1.165) is 46.2 Å². The number of anilines is 3. The monoisotopic (exact) mass is 299 g/mol. The van der Waals surface area contributed by atoms with Gasteiger partial charge in [-0.25, -0.2) is 15.0 Å². The first-order valence-corrected chi connectivity index (χ1v) is 7.82. The Labute approximate surface area is 127 Å². The highest BCUT2D eigenvalue weighted by Crippen LogP contribution is 2.24. The first-order valence-electron chi connectivity index (χ1n) is 6.94. The Hall–Kier alpha value is -2.21. The van der Waals surface area contributed by atoms with Crippen LogP contribution >= 0.6 is 11.3 Å². The van der Waals surface area contributed by atoms with Gasteiger partial charge in [0, 0.05) is 25.2 Å². The molecular formula is C15H17N5S. The zero-order chi connectivity index (χ0) is 14.7. The van der Waals surface area contributed by atoms with Crippen LogP contribution in [0.15, 0.2) is 29.8 Å². The summed E-state index contributed by atoms with van der Waals surface area (Å²) in [5.74, 6) is 2.49. The van der Waals surface area contributed by atoms with Gasteiger partial charge in [0.05, 0.1) is 15.7 Å². The number of hydrogen-bond acceptors (Lipinski definition) is 6. The quantitative estimate of drug-likeness (QED) is 0.750. The molecule has 0 bridgehead atoms. The second-order valence-corrected chi connectivity index (χ2v) is 5.60. The van der Waals surface area contributed by atoms with Crippen LogP contribution in [0.1, 0.15) is 19.2 Å². The molecule has 0 atom stereocenters. The van der Waals surface area contributed by atoms with E-state index in [1.165, 1.54) is 0 Å². The number of nitrogens with one attached hydrogen (secondary N) is 2. The maximum atomic E-state index is 4.56. The van der Waals surface area contributed by atoms with E-state index in [4.69, 9.17) is 0 Å². The van der Waals surface area contributed by atoms with E-state index in [-0.39, 0.29) is 0 Å². The van der Waals surface area contributed by atoms with E-state index >= 15 is 0 Å². The van der Waals surface area contributed by atoms with Crippen LogP contribution in [-0.2, 0) is 6.42 Å². The van der Waals surface area contributed by atoms with E-state index < -0.39 is 0 Å². The summed E-state index contributed by atoms with van der Waals surface area (Å²) in [6, 6.07) is 8.04. The fourth-order valence-electron chi connectivity index (χ4n) is 2.11. The Morgan fingerprint density at radius 3 is 2.81 bits per heavy atom. The molecule has 108 valence electrons. The average Bonchev–Trinajstić information content (AvgIpc) is 2.95. The number of thiazole rings is 1. The summed E-state index contributed by atoms with van der Waals surface area (Å²) >= 11 is 1.63. The Morgan fingerprint density at radius 2 is 2.00 bits per heavy atom. The van der Waals surface area contributed by atoms with Crippen LogP contribution in [0, 0.1) is 0 Å². The van der Waals surface area contributed by atoms with Gasteiger partial charge in [0.2, 0.25) is 0 Å². The van der Waals surface area contributed by atoms with E-state index in [2.05, 4.69) is 38.6 Å².